The van der Waals surface area contributed by atoms with Crippen molar-refractivity contribution in [3.05, 3.63) is 40.6 Å². The Bertz CT molecular complexity index is 1260. The molecular weight excluding hydrogens is 465 g/mol. The van der Waals surface area contributed by atoms with Crippen LogP contribution in [0.5, 0.6) is 5.88 Å². The first kappa shape index (κ1) is 24.4. The molecule has 10 heteroatoms. The molecule has 1 aromatic carbocycles. The Morgan fingerprint density at radius 3 is 2.71 bits per heavy atom. The van der Waals surface area contributed by atoms with Crippen molar-refractivity contribution in [2.24, 2.45) is 7.05 Å². The van der Waals surface area contributed by atoms with Crippen LogP contribution in [0.4, 0.5) is 18.9 Å². The fourth-order valence-electron chi connectivity index (χ4n) is 4.44. The van der Waals surface area contributed by atoms with E-state index in [1.807, 2.05) is 20.8 Å². The number of nitrogens with zero attached hydrogens (tertiary/aromatic N) is 4. The zero-order valence-corrected chi connectivity index (χ0v) is 20.6. The van der Waals surface area contributed by atoms with Crippen molar-refractivity contribution in [3.63, 3.8) is 0 Å². The SMILES string of the molecule is COc1nn(C)c2nc(C)c(CCC(=O)N3CCC(C)Sc4ccc(C(F)(F)F)cc43)c(C)c12. The lowest BCUT2D eigenvalue weighted by Gasteiger charge is -2.24. The van der Waals surface area contributed by atoms with Crippen LogP contribution in [-0.4, -0.2) is 39.6 Å². The number of anilines is 1. The zero-order valence-electron chi connectivity index (χ0n) is 19.8. The average molecular weight is 493 g/mol. The number of hydrogen-bond acceptors (Lipinski definition) is 5. The Morgan fingerprint density at radius 1 is 1.29 bits per heavy atom. The number of rotatable bonds is 4. The molecule has 0 radical (unpaired) electrons. The number of carbonyl (C=O) groups excluding carboxylic acids is 1. The third kappa shape index (κ3) is 4.47. The summed E-state index contributed by atoms with van der Waals surface area (Å²) < 4.78 is 47.2. The van der Waals surface area contributed by atoms with Gasteiger partial charge in [-0.3, -0.25) is 4.79 Å². The molecule has 0 fully saturated rings. The van der Waals surface area contributed by atoms with Gasteiger partial charge in [0, 0.05) is 35.9 Å². The highest BCUT2D eigenvalue weighted by atomic mass is 32.2. The second kappa shape index (κ2) is 9.13. The Kier molecular flexibility index (Phi) is 6.54. The molecule has 0 N–H and O–H groups in total. The van der Waals surface area contributed by atoms with Crippen LogP contribution in [0, 0.1) is 13.8 Å². The van der Waals surface area contributed by atoms with Gasteiger partial charge in [-0.25, -0.2) is 9.67 Å². The summed E-state index contributed by atoms with van der Waals surface area (Å²) in [5.41, 5.74) is 2.96. The highest BCUT2D eigenvalue weighted by molar-refractivity contribution is 8.00. The third-order valence-corrected chi connectivity index (χ3v) is 7.51. The van der Waals surface area contributed by atoms with Gasteiger partial charge in [0.1, 0.15) is 0 Å². The maximum atomic E-state index is 13.4. The van der Waals surface area contributed by atoms with Crippen LogP contribution < -0.4 is 9.64 Å². The second-order valence-electron chi connectivity index (χ2n) is 8.58. The quantitative estimate of drug-likeness (QED) is 0.484. The van der Waals surface area contributed by atoms with Crippen LogP contribution in [0.3, 0.4) is 0 Å². The van der Waals surface area contributed by atoms with Crippen molar-refractivity contribution < 1.29 is 22.7 Å². The number of benzene rings is 1. The number of ether oxygens (including phenoxy) is 1. The Labute approximate surface area is 200 Å². The molecule has 1 atom stereocenters. The predicted molar refractivity (Wildman–Crippen MR) is 127 cm³/mol. The Morgan fingerprint density at radius 2 is 2.03 bits per heavy atom. The molecule has 3 heterocycles. The summed E-state index contributed by atoms with van der Waals surface area (Å²) in [5, 5.41) is 5.35. The van der Waals surface area contributed by atoms with Gasteiger partial charge in [-0.15, -0.1) is 16.9 Å². The number of halogens is 3. The molecule has 182 valence electrons. The maximum absolute atomic E-state index is 13.4. The van der Waals surface area contributed by atoms with Gasteiger partial charge in [-0.2, -0.15) is 13.2 Å². The van der Waals surface area contributed by atoms with E-state index in [9.17, 15) is 18.0 Å². The lowest BCUT2D eigenvalue weighted by molar-refractivity contribution is -0.137. The number of pyridine rings is 1. The van der Waals surface area contributed by atoms with E-state index in [4.69, 9.17) is 4.74 Å². The van der Waals surface area contributed by atoms with E-state index in [1.54, 1.807) is 18.8 Å². The largest absolute Gasteiger partial charge is 0.479 e. The van der Waals surface area contributed by atoms with E-state index < -0.39 is 11.7 Å². The summed E-state index contributed by atoms with van der Waals surface area (Å²) in [7, 11) is 3.35. The van der Waals surface area contributed by atoms with Crippen LogP contribution in [0.25, 0.3) is 11.0 Å². The van der Waals surface area contributed by atoms with E-state index in [0.717, 1.165) is 34.3 Å². The molecule has 1 aliphatic rings. The summed E-state index contributed by atoms with van der Waals surface area (Å²) >= 11 is 1.51. The average Bonchev–Trinajstić information content (AvgIpc) is 2.98. The van der Waals surface area contributed by atoms with E-state index in [0.29, 0.717) is 41.5 Å². The Balaban J connectivity index is 1.64. The zero-order chi connectivity index (χ0) is 24.8. The topological polar surface area (TPSA) is 60.2 Å². The summed E-state index contributed by atoms with van der Waals surface area (Å²) in [5.74, 6) is 0.273. The van der Waals surface area contributed by atoms with Crippen molar-refractivity contribution in [1.29, 1.82) is 0 Å². The third-order valence-electron chi connectivity index (χ3n) is 6.27. The lowest BCUT2D eigenvalue weighted by Crippen LogP contribution is -2.32. The summed E-state index contributed by atoms with van der Waals surface area (Å²) in [6.45, 7) is 6.25. The van der Waals surface area contributed by atoms with Gasteiger partial charge in [0.2, 0.25) is 11.8 Å². The van der Waals surface area contributed by atoms with Crippen LogP contribution >= 0.6 is 11.8 Å². The molecule has 2 aromatic heterocycles. The molecule has 4 rings (SSSR count). The molecule has 0 aliphatic carbocycles. The van der Waals surface area contributed by atoms with Crippen molar-refractivity contribution in [3.8, 4) is 5.88 Å². The van der Waals surface area contributed by atoms with Crippen molar-refractivity contribution >= 4 is 34.4 Å². The summed E-state index contributed by atoms with van der Waals surface area (Å²) in [4.78, 5) is 20.2. The number of aryl methyl sites for hydroxylation is 3. The summed E-state index contributed by atoms with van der Waals surface area (Å²) in [6.07, 6.45) is -3.19. The first-order valence-corrected chi connectivity index (χ1v) is 11.9. The monoisotopic (exact) mass is 492 g/mol. The van der Waals surface area contributed by atoms with Gasteiger partial charge in [-0.05, 0) is 56.0 Å². The second-order valence-corrected chi connectivity index (χ2v) is 10.1. The van der Waals surface area contributed by atoms with Gasteiger partial charge < -0.3 is 9.64 Å². The molecule has 0 saturated carbocycles. The van der Waals surface area contributed by atoms with Crippen molar-refractivity contribution in [1.82, 2.24) is 14.8 Å². The normalized spacial score (nSPS) is 16.5. The van der Waals surface area contributed by atoms with E-state index in [1.165, 1.54) is 22.7 Å². The molecule has 0 bridgehead atoms. The van der Waals surface area contributed by atoms with E-state index in [-0.39, 0.29) is 17.6 Å². The Hall–Kier alpha value is -2.75. The molecule has 0 saturated heterocycles. The lowest BCUT2D eigenvalue weighted by atomic mass is 9.99. The molecule has 1 amide bonds. The fourth-order valence-corrected chi connectivity index (χ4v) is 5.54. The first-order chi connectivity index (χ1) is 16.0. The summed E-state index contributed by atoms with van der Waals surface area (Å²) in [6, 6.07) is 3.66. The van der Waals surface area contributed by atoms with Gasteiger partial charge in [0.25, 0.3) is 0 Å². The molecule has 1 unspecified atom stereocenters. The molecular formula is C24H27F3N4O2S. The predicted octanol–water partition coefficient (Wildman–Crippen LogP) is 5.46. The van der Waals surface area contributed by atoms with Gasteiger partial charge in [-0.1, -0.05) is 6.92 Å². The van der Waals surface area contributed by atoms with Crippen molar-refractivity contribution in [2.45, 2.75) is 56.4 Å². The van der Waals surface area contributed by atoms with Crippen molar-refractivity contribution in [2.75, 3.05) is 18.6 Å². The maximum Gasteiger partial charge on any atom is 0.416 e. The number of fused-ring (bicyclic) bond motifs is 2. The number of amides is 1. The smallest absolute Gasteiger partial charge is 0.416 e. The molecule has 34 heavy (non-hydrogen) atoms. The molecule has 1 aliphatic heterocycles. The van der Waals surface area contributed by atoms with Gasteiger partial charge in [0.05, 0.1) is 23.7 Å². The standard InChI is InChI=1S/C24H27F3N4O2S/c1-13-10-11-31(18-12-16(24(25,26)27)6-8-19(18)34-13)20(32)9-7-17-14(2)21-22(28-15(17)3)30(4)29-23(21)33-5/h6,8,12-13H,7,9-11H2,1-5H3. The molecule has 3 aromatic rings. The molecule has 0 spiro atoms. The highest BCUT2D eigenvalue weighted by Gasteiger charge is 2.33. The van der Waals surface area contributed by atoms with Crippen LogP contribution in [0.2, 0.25) is 0 Å². The minimum Gasteiger partial charge on any atom is -0.479 e. The number of methoxy groups -OCH3 is 1. The van der Waals surface area contributed by atoms with Crippen LogP contribution in [0.1, 0.15) is 42.1 Å². The van der Waals surface area contributed by atoms with E-state index in [2.05, 4.69) is 10.1 Å². The van der Waals surface area contributed by atoms with Crippen LogP contribution in [-0.2, 0) is 24.4 Å². The fraction of sp³-hybridized carbons (Fsp3) is 0.458. The van der Waals surface area contributed by atoms with Crippen LogP contribution in [0.15, 0.2) is 23.1 Å². The van der Waals surface area contributed by atoms with Gasteiger partial charge >= 0.3 is 6.18 Å². The number of carbonyl (C=O) groups is 1. The highest BCUT2D eigenvalue weighted by Crippen LogP contribution is 2.41. The number of hydrogen-bond donors (Lipinski definition) is 0. The number of aromatic nitrogens is 3. The minimum atomic E-state index is -4.47. The number of alkyl halides is 3. The molecule has 6 nitrogen and oxygen atoms in total. The van der Waals surface area contributed by atoms with E-state index >= 15 is 0 Å². The first-order valence-electron chi connectivity index (χ1n) is 11.1. The van der Waals surface area contributed by atoms with Gasteiger partial charge in [0.15, 0.2) is 5.65 Å². The number of thioether (sulfide) groups is 1. The minimum absolute atomic E-state index is 0.159.